The summed E-state index contributed by atoms with van der Waals surface area (Å²) in [7, 11) is 0. The first-order chi connectivity index (χ1) is 8.61. The first-order valence-electron chi connectivity index (χ1n) is 6.25. The number of nitriles is 1. The lowest BCUT2D eigenvalue weighted by Crippen LogP contribution is -2.06. The fourth-order valence-electron chi connectivity index (χ4n) is 1.90. The predicted molar refractivity (Wildman–Crippen MR) is 77.9 cm³/mol. The minimum atomic E-state index is 0.382. The molecule has 5 heteroatoms. The molecule has 0 saturated carbocycles. The van der Waals surface area contributed by atoms with Gasteiger partial charge < -0.3 is 11.5 Å². The molecule has 0 bridgehead atoms. The predicted octanol–water partition coefficient (Wildman–Crippen LogP) is 3.39. The third kappa shape index (κ3) is 3.61. The molecule has 1 heterocycles. The van der Waals surface area contributed by atoms with Crippen LogP contribution in [0.2, 0.25) is 0 Å². The van der Waals surface area contributed by atoms with E-state index in [0.717, 1.165) is 24.8 Å². The first kappa shape index (κ1) is 14.8. The summed E-state index contributed by atoms with van der Waals surface area (Å²) in [4.78, 5) is 4.11. The van der Waals surface area contributed by atoms with Crippen LogP contribution >= 0.6 is 15.9 Å². The van der Waals surface area contributed by atoms with Gasteiger partial charge in [-0.1, -0.05) is 32.6 Å². The van der Waals surface area contributed by atoms with E-state index in [1.807, 2.05) is 0 Å². The normalized spacial score (nSPS) is 10.3. The van der Waals surface area contributed by atoms with Gasteiger partial charge in [0.25, 0.3) is 0 Å². The Morgan fingerprint density at radius 2 is 1.89 bits per heavy atom. The number of anilines is 2. The molecule has 98 valence electrons. The van der Waals surface area contributed by atoms with Crippen molar-refractivity contribution in [1.29, 1.82) is 5.26 Å². The zero-order valence-electron chi connectivity index (χ0n) is 10.7. The summed E-state index contributed by atoms with van der Waals surface area (Å²) < 4.78 is 0.426. The SMILES string of the molecule is CCCCCCCc1c(N)nc(Br)c(C#N)c1N. The quantitative estimate of drug-likeness (QED) is 0.622. The van der Waals surface area contributed by atoms with Gasteiger partial charge in [-0.05, 0) is 28.8 Å². The summed E-state index contributed by atoms with van der Waals surface area (Å²) in [5, 5.41) is 9.02. The highest BCUT2D eigenvalue weighted by Crippen LogP contribution is 2.29. The summed E-state index contributed by atoms with van der Waals surface area (Å²) in [6, 6.07) is 2.05. The van der Waals surface area contributed by atoms with Crippen LogP contribution in [-0.4, -0.2) is 4.98 Å². The van der Waals surface area contributed by atoms with E-state index < -0.39 is 0 Å². The molecular formula is C13H19BrN4. The molecule has 0 aromatic carbocycles. The van der Waals surface area contributed by atoms with Gasteiger partial charge in [-0.2, -0.15) is 5.26 Å². The van der Waals surface area contributed by atoms with Gasteiger partial charge in [0.1, 0.15) is 22.1 Å². The average molecular weight is 311 g/mol. The molecule has 0 amide bonds. The maximum atomic E-state index is 9.02. The Morgan fingerprint density at radius 1 is 1.22 bits per heavy atom. The highest BCUT2D eigenvalue weighted by atomic mass is 79.9. The fraction of sp³-hybridized carbons (Fsp3) is 0.538. The maximum Gasteiger partial charge on any atom is 0.130 e. The maximum absolute atomic E-state index is 9.02. The Labute approximate surface area is 117 Å². The van der Waals surface area contributed by atoms with Crippen LogP contribution in [0, 0.1) is 11.3 Å². The monoisotopic (exact) mass is 310 g/mol. The largest absolute Gasteiger partial charge is 0.397 e. The molecule has 0 saturated heterocycles. The van der Waals surface area contributed by atoms with Crippen LogP contribution in [0.5, 0.6) is 0 Å². The molecular weight excluding hydrogens is 292 g/mol. The zero-order valence-corrected chi connectivity index (χ0v) is 12.3. The Bertz CT molecular complexity index is 451. The lowest BCUT2D eigenvalue weighted by Gasteiger charge is -2.11. The van der Waals surface area contributed by atoms with Crippen molar-refractivity contribution in [2.75, 3.05) is 11.5 Å². The highest BCUT2D eigenvalue weighted by molar-refractivity contribution is 9.10. The Morgan fingerprint density at radius 3 is 2.50 bits per heavy atom. The summed E-state index contributed by atoms with van der Waals surface area (Å²) in [6.07, 6.45) is 6.69. The molecule has 0 unspecified atom stereocenters. The van der Waals surface area contributed by atoms with Gasteiger partial charge in [0.2, 0.25) is 0 Å². The van der Waals surface area contributed by atoms with Crippen LogP contribution in [0.4, 0.5) is 11.5 Å². The topological polar surface area (TPSA) is 88.7 Å². The smallest absolute Gasteiger partial charge is 0.130 e. The highest BCUT2D eigenvalue weighted by Gasteiger charge is 2.14. The van der Waals surface area contributed by atoms with E-state index in [4.69, 9.17) is 16.7 Å². The molecule has 0 spiro atoms. The van der Waals surface area contributed by atoms with Gasteiger partial charge in [-0.25, -0.2) is 4.98 Å². The van der Waals surface area contributed by atoms with Crippen molar-refractivity contribution in [3.05, 3.63) is 15.7 Å². The fourth-order valence-corrected chi connectivity index (χ4v) is 2.40. The molecule has 0 fully saturated rings. The van der Waals surface area contributed by atoms with E-state index in [1.165, 1.54) is 19.3 Å². The van der Waals surface area contributed by atoms with Gasteiger partial charge in [0.05, 0.1) is 5.69 Å². The summed E-state index contributed by atoms with van der Waals surface area (Å²) in [5.74, 6) is 0.425. The van der Waals surface area contributed by atoms with E-state index in [9.17, 15) is 0 Å². The van der Waals surface area contributed by atoms with Crippen molar-refractivity contribution in [3.8, 4) is 6.07 Å². The van der Waals surface area contributed by atoms with Crippen molar-refractivity contribution >= 4 is 27.4 Å². The van der Waals surface area contributed by atoms with Crippen molar-refractivity contribution in [2.45, 2.75) is 45.4 Å². The zero-order chi connectivity index (χ0) is 13.5. The number of nitrogens with two attached hydrogens (primary N) is 2. The molecule has 18 heavy (non-hydrogen) atoms. The minimum Gasteiger partial charge on any atom is -0.397 e. The lowest BCUT2D eigenvalue weighted by molar-refractivity contribution is 0.632. The molecule has 0 aliphatic carbocycles. The number of hydrogen-bond donors (Lipinski definition) is 2. The number of hydrogen-bond acceptors (Lipinski definition) is 4. The number of pyridine rings is 1. The van der Waals surface area contributed by atoms with Crippen LogP contribution in [0.1, 0.15) is 50.2 Å². The van der Waals surface area contributed by atoms with Gasteiger partial charge in [0, 0.05) is 5.56 Å². The lowest BCUT2D eigenvalue weighted by atomic mass is 10.0. The van der Waals surface area contributed by atoms with Gasteiger partial charge in [-0.3, -0.25) is 0 Å². The molecule has 4 nitrogen and oxygen atoms in total. The van der Waals surface area contributed by atoms with E-state index in [-0.39, 0.29) is 0 Å². The van der Waals surface area contributed by atoms with Crippen LogP contribution in [0.15, 0.2) is 4.60 Å². The Kier molecular flexibility index (Phi) is 5.93. The molecule has 1 aromatic rings. The molecule has 0 aliphatic rings. The van der Waals surface area contributed by atoms with E-state index >= 15 is 0 Å². The van der Waals surface area contributed by atoms with Gasteiger partial charge in [-0.15, -0.1) is 0 Å². The number of nitrogen functional groups attached to an aromatic ring is 2. The Balaban J connectivity index is 2.74. The van der Waals surface area contributed by atoms with Crippen LogP contribution in [0.3, 0.4) is 0 Å². The summed E-state index contributed by atoms with van der Waals surface area (Å²) in [6.45, 7) is 2.19. The third-order valence-corrected chi connectivity index (χ3v) is 3.54. The van der Waals surface area contributed by atoms with Crippen LogP contribution in [-0.2, 0) is 6.42 Å². The number of nitrogens with zero attached hydrogens (tertiary/aromatic N) is 2. The van der Waals surface area contributed by atoms with Crippen LogP contribution < -0.4 is 11.5 Å². The van der Waals surface area contributed by atoms with Crippen molar-refractivity contribution < 1.29 is 0 Å². The van der Waals surface area contributed by atoms with Gasteiger partial charge >= 0.3 is 0 Å². The first-order valence-corrected chi connectivity index (χ1v) is 7.04. The van der Waals surface area contributed by atoms with Gasteiger partial charge in [0.15, 0.2) is 0 Å². The molecule has 1 aromatic heterocycles. The molecule has 0 radical (unpaired) electrons. The molecule has 0 atom stereocenters. The second-order valence-electron chi connectivity index (χ2n) is 4.33. The van der Waals surface area contributed by atoms with Crippen LogP contribution in [0.25, 0.3) is 0 Å². The third-order valence-electron chi connectivity index (χ3n) is 2.97. The summed E-state index contributed by atoms with van der Waals surface area (Å²) in [5.41, 5.74) is 13.5. The minimum absolute atomic E-state index is 0.382. The van der Waals surface area contributed by atoms with E-state index in [1.54, 1.807) is 0 Å². The van der Waals surface area contributed by atoms with Crippen molar-refractivity contribution in [3.63, 3.8) is 0 Å². The number of unbranched alkanes of at least 4 members (excludes halogenated alkanes) is 4. The second-order valence-corrected chi connectivity index (χ2v) is 5.08. The number of aromatic nitrogens is 1. The molecule has 0 aliphatic heterocycles. The van der Waals surface area contributed by atoms with Crippen molar-refractivity contribution in [1.82, 2.24) is 4.98 Å². The second kappa shape index (κ2) is 7.22. The Hall–Kier alpha value is -1.28. The molecule has 1 rings (SSSR count). The van der Waals surface area contributed by atoms with Crippen molar-refractivity contribution in [2.24, 2.45) is 0 Å². The average Bonchev–Trinajstić information content (AvgIpc) is 2.32. The summed E-state index contributed by atoms with van der Waals surface area (Å²) >= 11 is 3.20. The molecule has 4 N–H and O–H groups in total. The number of rotatable bonds is 6. The standard InChI is InChI=1S/C13H19BrN4/c1-2-3-4-5-6-7-9-11(16)10(8-15)12(14)18-13(9)17/h2-7H2,1H3,(H4,16,17,18). The number of halogens is 1. The van der Waals surface area contributed by atoms with E-state index in [0.29, 0.717) is 21.7 Å². The van der Waals surface area contributed by atoms with E-state index in [2.05, 4.69) is 33.9 Å².